The van der Waals surface area contributed by atoms with E-state index < -0.39 is 23.6 Å². The Morgan fingerprint density at radius 1 is 1.43 bits per heavy atom. The van der Waals surface area contributed by atoms with Crippen LogP contribution in [0.1, 0.15) is 19.3 Å². The van der Waals surface area contributed by atoms with Crippen molar-refractivity contribution in [2.45, 2.75) is 25.3 Å². The fourth-order valence-electron chi connectivity index (χ4n) is 2.39. The molecule has 1 aliphatic rings. The first-order chi connectivity index (χ1) is 9.97. The van der Waals surface area contributed by atoms with Gasteiger partial charge in [-0.2, -0.15) is 0 Å². The molecule has 114 valence electrons. The molecule has 0 bridgehead atoms. The van der Waals surface area contributed by atoms with Crippen molar-refractivity contribution in [3.05, 3.63) is 29.0 Å². The van der Waals surface area contributed by atoms with Crippen LogP contribution in [0.25, 0.3) is 0 Å². The Bertz CT molecular complexity index is 552. The molecular formula is C14H15ClFNO4. The molecule has 0 radical (unpaired) electrons. The number of aliphatic carboxylic acids is 1. The monoisotopic (exact) mass is 315 g/mol. The highest BCUT2D eigenvalue weighted by Crippen LogP contribution is 2.26. The van der Waals surface area contributed by atoms with Crippen molar-refractivity contribution in [3.8, 4) is 5.75 Å². The summed E-state index contributed by atoms with van der Waals surface area (Å²) in [6, 6.07) is 3.42. The first-order valence-corrected chi connectivity index (χ1v) is 6.95. The van der Waals surface area contributed by atoms with Gasteiger partial charge in [0.1, 0.15) is 11.6 Å². The number of hydrogen-bond acceptors (Lipinski definition) is 3. The number of benzene rings is 1. The summed E-state index contributed by atoms with van der Waals surface area (Å²) in [4.78, 5) is 22.8. The van der Waals surface area contributed by atoms with Gasteiger partial charge in [0.2, 0.25) is 0 Å². The Hall–Kier alpha value is -1.82. The average Bonchev–Trinajstić information content (AvgIpc) is 2.88. The second kappa shape index (κ2) is 6.76. The van der Waals surface area contributed by atoms with Gasteiger partial charge in [0.25, 0.3) is 5.91 Å². The highest BCUT2D eigenvalue weighted by atomic mass is 35.5. The molecule has 2 N–H and O–H groups in total. The highest BCUT2D eigenvalue weighted by Gasteiger charge is 2.33. The van der Waals surface area contributed by atoms with E-state index in [9.17, 15) is 14.0 Å². The number of carboxylic acid groups (broad SMARTS) is 1. The predicted octanol–water partition coefficient (Wildman–Crippen LogP) is 2.23. The summed E-state index contributed by atoms with van der Waals surface area (Å²) < 4.78 is 18.2. The molecule has 5 nitrogen and oxygen atoms in total. The molecule has 0 aliphatic heterocycles. The molecule has 0 saturated heterocycles. The Balaban J connectivity index is 1.84. The van der Waals surface area contributed by atoms with Gasteiger partial charge in [0.05, 0.1) is 10.9 Å². The van der Waals surface area contributed by atoms with Crippen LogP contribution in [0.15, 0.2) is 18.2 Å². The van der Waals surface area contributed by atoms with Crippen LogP contribution in [0, 0.1) is 11.7 Å². The standard InChI is InChI=1S/C14H15ClFNO4/c15-10-6-8(4-5-11(10)16)21-7-13(18)17-12-3-1-2-9(12)14(19)20/h4-6,9,12H,1-3,7H2,(H,17,18)(H,19,20)/t9-,12+/m1/s1. The summed E-state index contributed by atoms with van der Waals surface area (Å²) in [5.74, 6) is -2.15. The minimum Gasteiger partial charge on any atom is -0.484 e. The van der Waals surface area contributed by atoms with Crippen LogP contribution < -0.4 is 10.1 Å². The van der Waals surface area contributed by atoms with E-state index in [2.05, 4.69) is 5.32 Å². The third-order valence-electron chi connectivity index (χ3n) is 3.44. The average molecular weight is 316 g/mol. The third-order valence-corrected chi connectivity index (χ3v) is 3.73. The minimum absolute atomic E-state index is 0.0883. The highest BCUT2D eigenvalue weighted by molar-refractivity contribution is 6.30. The van der Waals surface area contributed by atoms with Crippen molar-refractivity contribution in [2.24, 2.45) is 5.92 Å². The number of ether oxygens (including phenoxy) is 1. The first-order valence-electron chi connectivity index (χ1n) is 6.57. The molecule has 1 amide bonds. The van der Waals surface area contributed by atoms with E-state index in [4.69, 9.17) is 21.4 Å². The molecule has 1 aliphatic carbocycles. The maximum atomic E-state index is 13.0. The molecule has 1 aromatic carbocycles. The van der Waals surface area contributed by atoms with Gasteiger partial charge in [-0.05, 0) is 25.0 Å². The summed E-state index contributed by atoms with van der Waals surface area (Å²) in [5.41, 5.74) is 0. The van der Waals surface area contributed by atoms with E-state index in [1.807, 2.05) is 0 Å². The molecule has 0 spiro atoms. The first kappa shape index (κ1) is 15.6. The Labute approximate surface area is 126 Å². The number of hydrogen-bond donors (Lipinski definition) is 2. The summed E-state index contributed by atoms with van der Waals surface area (Å²) >= 11 is 5.60. The van der Waals surface area contributed by atoms with Crippen LogP contribution in [-0.4, -0.2) is 29.6 Å². The molecule has 7 heteroatoms. The van der Waals surface area contributed by atoms with Gasteiger partial charge in [-0.3, -0.25) is 9.59 Å². The van der Waals surface area contributed by atoms with Gasteiger partial charge in [0, 0.05) is 12.1 Å². The van der Waals surface area contributed by atoms with Crippen LogP contribution in [-0.2, 0) is 9.59 Å². The van der Waals surface area contributed by atoms with E-state index in [0.29, 0.717) is 12.8 Å². The van der Waals surface area contributed by atoms with Gasteiger partial charge < -0.3 is 15.2 Å². The van der Waals surface area contributed by atoms with Gasteiger partial charge in [-0.25, -0.2) is 4.39 Å². The summed E-state index contributed by atoms with van der Waals surface area (Å²) in [7, 11) is 0. The summed E-state index contributed by atoms with van der Waals surface area (Å²) in [6.45, 7) is -0.273. The summed E-state index contributed by atoms with van der Waals surface area (Å²) in [5, 5.41) is 11.6. The molecule has 1 aromatic rings. The second-order valence-corrected chi connectivity index (χ2v) is 5.32. The zero-order chi connectivity index (χ0) is 15.4. The van der Waals surface area contributed by atoms with Crippen molar-refractivity contribution in [2.75, 3.05) is 6.61 Å². The Morgan fingerprint density at radius 3 is 2.86 bits per heavy atom. The number of halogens is 2. The number of carboxylic acids is 1. The molecule has 2 rings (SSSR count). The molecule has 2 atom stereocenters. The Morgan fingerprint density at radius 2 is 2.19 bits per heavy atom. The van der Waals surface area contributed by atoms with Crippen LogP contribution in [0.3, 0.4) is 0 Å². The van der Waals surface area contributed by atoms with E-state index in [-0.39, 0.29) is 23.4 Å². The van der Waals surface area contributed by atoms with Crippen molar-refractivity contribution in [1.82, 2.24) is 5.32 Å². The molecule has 0 heterocycles. The smallest absolute Gasteiger partial charge is 0.308 e. The lowest BCUT2D eigenvalue weighted by molar-refractivity contribution is -0.142. The van der Waals surface area contributed by atoms with Crippen molar-refractivity contribution in [1.29, 1.82) is 0 Å². The van der Waals surface area contributed by atoms with Gasteiger partial charge in [-0.15, -0.1) is 0 Å². The maximum absolute atomic E-state index is 13.0. The number of amides is 1. The number of rotatable bonds is 5. The lowest BCUT2D eigenvalue weighted by Crippen LogP contribution is -2.42. The molecule has 0 aromatic heterocycles. The molecule has 1 saturated carbocycles. The predicted molar refractivity (Wildman–Crippen MR) is 73.8 cm³/mol. The Kier molecular flexibility index (Phi) is 5.01. The van der Waals surface area contributed by atoms with E-state index in [1.54, 1.807) is 0 Å². The van der Waals surface area contributed by atoms with E-state index in [0.717, 1.165) is 12.5 Å². The quantitative estimate of drug-likeness (QED) is 0.873. The zero-order valence-corrected chi connectivity index (χ0v) is 11.9. The SMILES string of the molecule is O=C(COc1ccc(F)c(Cl)c1)N[C@H]1CCC[C@H]1C(=O)O. The molecule has 21 heavy (non-hydrogen) atoms. The molecule has 0 unspecified atom stereocenters. The number of nitrogens with one attached hydrogen (secondary N) is 1. The minimum atomic E-state index is -0.899. The van der Waals surface area contributed by atoms with Crippen molar-refractivity contribution < 1.29 is 23.8 Å². The van der Waals surface area contributed by atoms with Gasteiger partial charge >= 0.3 is 5.97 Å². The zero-order valence-electron chi connectivity index (χ0n) is 11.1. The topological polar surface area (TPSA) is 75.6 Å². The second-order valence-electron chi connectivity index (χ2n) is 4.91. The van der Waals surface area contributed by atoms with Crippen molar-refractivity contribution in [3.63, 3.8) is 0 Å². The lowest BCUT2D eigenvalue weighted by atomic mass is 10.0. The fraction of sp³-hybridized carbons (Fsp3) is 0.429. The van der Waals surface area contributed by atoms with E-state index >= 15 is 0 Å². The fourth-order valence-corrected chi connectivity index (χ4v) is 2.56. The number of carbonyl (C=O) groups excluding carboxylic acids is 1. The lowest BCUT2D eigenvalue weighted by Gasteiger charge is -2.17. The number of carbonyl (C=O) groups is 2. The third kappa shape index (κ3) is 4.07. The van der Waals surface area contributed by atoms with E-state index in [1.165, 1.54) is 12.1 Å². The largest absolute Gasteiger partial charge is 0.484 e. The van der Waals surface area contributed by atoms with Crippen molar-refractivity contribution >= 4 is 23.5 Å². The van der Waals surface area contributed by atoms with Crippen LogP contribution >= 0.6 is 11.6 Å². The van der Waals surface area contributed by atoms with Crippen LogP contribution in [0.4, 0.5) is 4.39 Å². The maximum Gasteiger partial charge on any atom is 0.308 e. The normalized spacial score (nSPS) is 21.0. The summed E-state index contributed by atoms with van der Waals surface area (Å²) in [6.07, 6.45) is 1.98. The molecule has 1 fully saturated rings. The van der Waals surface area contributed by atoms with Crippen LogP contribution in [0.5, 0.6) is 5.75 Å². The molecular weight excluding hydrogens is 301 g/mol. The van der Waals surface area contributed by atoms with Crippen LogP contribution in [0.2, 0.25) is 5.02 Å². The van der Waals surface area contributed by atoms with Gasteiger partial charge in [-0.1, -0.05) is 18.0 Å². The van der Waals surface area contributed by atoms with Gasteiger partial charge in [0.15, 0.2) is 6.61 Å².